The van der Waals surface area contributed by atoms with E-state index < -0.39 is 0 Å². The first-order chi connectivity index (χ1) is 13.6. The predicted octanol–water partition coefficient (Wildman–Crippen LogP) is 4.59. The molecular weight excluding hydrogens is 376 g/mol. The highest BCUT2D eigenvalue weighted by Crippen LogP contribution is 2.37. The number of nitrogens with one attached hydrogen (secondary N) is 1. The van der Waals surface area contributed by atoms with Crippen LogP contribution in [0.2, 0.25) is 5.02 Å². The summed E-state index contributed by atoms with van der Waals surface area (Å²) in [5.41, 5.74) is 2.94. The zero-order valence-corrected chi connectivity index (χ0v) is 16.8. The number of fused-ring (bicyclic) bond motifs is 1. The second-order valence-corrected chi connectivity index (χ2v) is 7.83. The van der Waals surface area contributed by atoms with E-state index in [9.17, 15) is 4.79 Å². The Morgan fingerprint density at radius 1 is 1.14 bits per heavy atom. The lowest BCUT2D eigenvalue weighted by Crippen LogP contribution is -2.33. The molecule has 1 fully saturated rings. The molecule has 2 aromatic carbocycles. The van der Waals surface area contributed by atoms with Crippen LogP contribution in [0.1, 0.15) is 36.4 Å². The van der Waals surface area contributed by atoms with E-state index in [4.69, 9.17) is 21.1 Å². The summed E-state index contributed by atoms with van der Waals surface area (Å²) >= 11 is 6.00. The second-order valence-electron chi connectivity index (χ2n) is 7.39. The Kier molecular flexibility index (Phi) is 5.74. The fourth-order valence-corrected chi connectivity index (χ4v) is 4.15. The quantitative estimate of drug-likeness (QED) is 0.815. The zero-order valence-electron chi connectivity index (χ0n) is 16.0. The highest BCUT2D eigenvalue weighted by molar-refractivity contribution is 6.30. The highest BCUT2D eigenvalue weighted by Gasteiger charge is 2.28. The summed E-state index contributed by atoms with van der Waals surface area (Å²) in [6.45, 7) is 4.57. The molecule has 0 saturated carbocycles. The van der Waals surface area contributed by atoms with Crippen molar-refractivity contribution >= 4 is 23.2 Å². The normalized spacial score (nSPS) is 19.3. The predicted molar refractivity (Wildman–Crippen MR) is 110 cm³/mol. The summed E-state index contributed by atoms with van der Waals surface area (Å²) in [6, 6.07) is 11.9. The number of amides is 1. The van der Waals surface area contributed by atoms with Gasteiger partial charge in [-0.15, -0.1) is 0 Å². The number of carbonyl (C=O) groups is 1. The zero-order chi connectivity index (χ0) is 19.5. The van der Waals surface area contributed by atoms with Gasteiger partial charge in [-0.05, 0) is 67.8 Å². The van der Waals surface area contributed by atoms with Gasteiger partial charge in [-0.25, -0.2) is 0 Å². The van der Waals surface area contributed by atoms with Gasteiger partial charge in [0.15, 0.2) is 11.5 Å². The Bertz CT molecular complexity index is 871. The van der Waals surface area contributed by atoms with Crippen LogP contribution in [-0.2, 0) is 4.79 Å². The lowest BCUT2D eigenvalue weighted by atomic mass is 10.0. The van der Waals surface area contributed by atoms with Crippen molar-refractivity contribution in [1.82, 2.24) is 4.90 Å². The first kappa shape index (κ1) is 19.1. The van der Waals surface area contributed by atoms with Crippen molar-refractivity contribution in [2.75, 3.05) is 31.6 Å². The summed E-state index contributed by atoms with van der Waals surface area (Å²) < 4.78 is 11.6. The number of aryl methyl sites for hydroxylation is 1. The standard InChI is InChI=1S/C22H25ClN2O3/c1-15-12-17(23)6-7-18(15)24-22(26)14-25-9-2-4-19(25)16-5-8-20-21(13-16)28-11-3-10-27-20/h5-8,12-13,19H,2-4,9-11,14H2,1H3,(H,24,26)/t19-/m0/s1. The van der Waals surface area contributed by atoms with E-state index in [1.54, 1.807) is 6.07 Å². The third kappa shape index (κ3) is 4.26. The van der Waals surface area contributed by atoms with Gasteiger partial charge in [-0.1, -0.05) is 17.7 Å². The molecule has 2 aliphatic rings. The van der Waals surface area contributed by atoms with Gasteiger partial charge in [0.2, 0.25) is 5.91 Å². The molecule has 0 bridgehead atoms. The molecule has 6 heteroatoms. The van der Waals surface area contributed by atoms with Crippen molar-refractivity contribution in [3.05, 3.63) is 52.5 Å². The summed E-state index contributed by atoms with van der Waals surface area (Å²) in [6.07, 6.45) is 3.00. The Morgan fingerprint density at radius 3 is 2.79 bits per heavy atom. The van der Waals surface area contributed by atoms with Gasteiger partial charge in [-0.3, -0.25) is 9.69 Å². The average molecular weight is 401 g/mol. The molecule has 0 radical (unpaired) electrons. The number of halogens is 1. The Labute approximate surface area is 170 Å². The molecule has 5 nitrogen and oxygen atoms in total. The fraction of sp³-hybridized carbons (Fsp3) is 0.409. The van der Waals surface area contributed by atoms with Gasteiger partial charge in [0.25, 0.3) is 0 Å². The lowest BCUT2D eigenvalue weighted by Gasteiger charge is -2.25. The van der Waals surface area contributed by atoms with Crippen LogP contribution in [0.3, 0.4) is 0 Å². The monoisotopic (exact) mass is 400 g/mol. The van der Waals surface area contributed by atoms with E-state index in [0.29, 0.717) is 24.8 Å². The number of hydrogen-bond donors (Lipinski definition) is 1. The summed E-state index contributed by atoms with van der Waals surface area (Å²) in [4.78, 5) is 14.9. The van der Waals surface area contributed by atoms with Gasteiger partial charge in [-0.2, -0.15) is 0 Å². The van der Waals surface area contributed by atoms with E-state index in [-0.39, 0.29) is 11.9 Å². The van der Waals surface area contributed by atoms with Gasteiger partial charge in [0.1, 0.15) is 0 Å². The lowest BCUT2D eigenvalue weighted by molar-refractivity contribution is -0.117. The van der Waals surface area contributed by atoms with Crippen LogP contribution in [0.25, 0.3) is 0 Å². The van der Waals surface area contributed by atoms with Crippen molar-refractivity contribution in [1.29, 1.82) is 0 Å². The number of rotatable bonds is 4. The minimum atomic E-state index is -0.00772. The molecule has 2 aromatic rings. The molecule has 148 valence electrons. The maximum Gasteiger partial charge on any atom is 0.238 e. The topological polar surface area (TPSA) is 50.8 Å². The first-order valence-electron chi connectivity index (χ1n) is 9.80. The van der Waals surface area contributed by atoms with Gasteiger partial charge in [0.05, 0.1) is 19.8 Å². The number of nitrogens with zero attached hydrogens (tertiary/aromatic N) is 1. The Morgan fingerprint density at radius 2 is 1.96 bits per heavy atom. The van der Waals surface area contributed by atoms with Crippen molar-refractivity contribution in [3.8, 4) is 11.5 Å². The Balaban J connectivity index is 1.45. The molecule has 1 amide bonds. The van der Waals surface area contributed by atoms with E-state index >= 15 is 0 Å². The summed E-state index contributed by atoms with van der Waals surface area (Å²) in [5, 5.41) is 3.68. The molecule has 1 atom stereocenters. The highest BCUT2D eigenvalue weighted by atomic mass is 35.5. The van der Waals surface area contributed by atoms with E-state index in [2.05, 4.69) is 22.3 Å². The van der Waals surface area contributed by atoms with Crippen LogP contribution in [0.5, 0.6) is 11.5 Å². The molecule has 4 rings (SSSR count). The average Bonchev–Trinajstić information content (AvgIpc) is 2.99. The maximum absolute atomic E-state index is 12.6. The van der Waals surface area contributed by atoms with Crippen LogP contribution in [0.15, 0.2) is 36.4 Å². The largest absolute Gasteiger partial charge is 0.490 e. The molecule has 1 N–H and O–H groups in total. The van der Waals surface area contributed by atoms with E-state index in [1.807, 2.05) is 25.1 Å². The molecule has 2 heterocycles. The molecule has 0 unspecified atom stereocenters. The van der Waals surface area contributed by atoms with Crippen LogP contribution in [0, 0.1) is 6.92 Å². The summed E-state index contributed by atoms with van der Waals surface area (Å²) in [5.74, 6) is 1.61. The Hall–Kier alpha value is -2.24. The SMILES string of the molecule is Cc1cc(Cl)ccc1NC(=O)CN1CCC[C@H]1c1ccc2c(c1)OCCCO2. The maximum atomic E-state index is 12.6. The van der Waals surface area contributed by atoms with Crippen molar-refractivity contribution in [3.63, 3.8) is 0 Å². The smallest absolute Gasteiger partial charge is 0.238 e. The third-order valence-electron chi connectivity index (χ3n) is 5.33. The summed E-state index contributed by atoms with van der Waals surface area (Å²) in [7, 11) is 0. The number of hydrogen-bond acceptors (Lipinski definition) is 4. The van der Waals surface area contributed by atoms with Gasteiger partial charge < -0.3 is 14.8 Å². The second kappa shape index (κ2) is 8.41. The minimum absolute atomic E-state index is 0.00772. The third-order valence-corrected chi connectivity index (χ3v) is 5.56. The number of likely N-dealkylation sites (tertiary alicyclic amines) is 1. The molecule has 1 saturated heterocycles. The van der Waals surface area contributed by atoms with Crippen molar-refractivity contribution in [2.24, 2.45) is 0 Å². The number of ether oxygens (including phenoxy) is 2. The minimum Gasteiger partial charge on any atom is -0.490 e. The molecule has 28 heavy (non-hydrogen) atoms. The molecular formula is C22H25ClN2O3. The number of anilines is 1. The number of carbonyl (C=O) groups excluding carboxylic acids is 1. The number of benzene rings is 2. The van der Waals surface area contributed by atoms with Gasteiger partial charge >= 0.3 is 0 Å². The molecule has 0 aromatic heterocycles. The van der Waals surface area contributed by atoms with E-state index in [0.717, 1.165) is 48.6 Å². The molecule has 0 aliphatic carbocycles. The van der Waals surface area contributed by atoms with Crippen LogP contribution in [0.4, 0.5) is 5.69 Å². The van der Waals surface area contributed by atoms with Crippen LogP contribution in [-0.4, -0.2) is 37.1 Å². The fourth-order valence-electron chi connectivity index (χ4n) is 3.92. The molecule has 0 spiro atoms. The van der Waals surface area contributed by atoms with Crippen LogP contribution >= 0.6 is 11.6 Å². The van der Waals surface area contributed by atoms with Crippen molar-refractivity contribution < 1.29 is 14.3 Å². The molecule has 2 aliphatic heterocycles. The van der Waals surface area contributed by atoms with Crippen LogP contribution < -0.4 is 14.8 Å². The van der Waals surface area contributed by atoms with Gasteiger partial charge in [0, 0.05) is 23.2 Å². The first-order valence-corrected chi connectivity index (χ1v) is 10.2. The van der Waals surface area contributed by atoms with E-state index in [1.165, 1.54) is 5.56 Å². The van der Waals surface area contributed by atoms with Crippen molar-refractivity contribution in [2.45, 2.75) is 32.2 Å².